The second-order valence-electron chi connectivity index (χ2n) is 7.17. The van der Waals surface area contributed by atoms with Crippen LogP contribution in [0.5, 0.6) is 0 Å². The number of fused-ring (bicyclic) bond motifs is 1. The Morgan fingerprint density at radius 3 is 2.96 bits per heavy atom. The van der Waals surface area contributed by atoms with E-state index in [-0.39, 0.29) is 6.61 Å². The van der Waals surface area contributed by atoms with Crippen LogP contribution in [0.4, 0.5) is 5.82 Å². The molecular formula is C20H24BrN5O. The van der Waals surface area contributed by atoms with E-state index in [0.717, 1.165) is 46.6 Å². The van der Waals surface area contributed by atoms with Crippen LogP contribution in [0.3, 0.4) is 0 Å². The minimum atomic E-state index is 0.240. The fourth-order valence-electron chi connectivity index (χ4n) is 4.07. The van der Waals surface area contributed by atoms with Gasteiger partial charge in [0, 0.05) is 37.7 Å². The van der Waals surface area contributed by atoms with E-state index in [2.05, 4.69) is 41.8 Å². The zero-order chi connectivity index (χ0) is 18.6. The summed E-state index contributed by atoms with van der Waals surface area (Å²) in [7, 11) is 0. The molecule has 27 heavy (non-hydrogen) atoms. The Kier molecular flexibility index (Phi) is 5.69. The van der Waals surface area contributed by atoms with Crippen molar-refractivity contribution in [2.45, 2.75) is 44.6 Å². The molecule has 6 nitrogen and oxygen atoms in total. The smallest absolute Gasteiger partial charge is 0.181 e. The van der Waals surface area contributed by atoms with Gasteiger partial charge in [0.25, 0.3) is 0 Å². The maximum atomic E-state index is 9.47. The third-order valence-corrected chi connectivity index (χ3v) is 6.02. The minimum Gasteiger partial charge on any atom is -0.396 e. The van der Waals surface area contributed by atoms with Gasteiger partial charge in [-0.25, -0.2) is 9.97 Å². The van der Waals surface area contributed by atoms with Crippen molar-refractivity contribution in [1.29, 1.82) is 0 Å². The third kappa shape index (κ3) is 3.99. The zero-order valence-corrected chi connectivity index (χ0v) is 16.8. The number of rotatable bonds is 6. The molecule has 3 aromatic rings. The molecular weight excluding hydrogens is 406 g/mol. The van der Waals surface area contributed by atoms with Crippen molar-refractivity contribution in [2.75, 3.05) is 11.9 Å². The van der Waals surface area contributed by atoms with Crippen molar-refractivity contribution in [3.8, 4) is 0 Å². The number of halogens is 1. The van der Waals surface area contributed by atoms with Crippen molar-refractivity contribution in [1.82, 2.24) is 19.4 Å². The molecule has 0 aliphatic heterocycles. The van der Waals surface area contributed by atoms with Crippen molar-refractivity contribution in [2.24, 2.45) is 5.92 Å². The number of anilines is 1. The molecule has 0 spiro atoms. The monoisotopic (exact) mass is 429 g/mol. The number of aliphatic hydroxyl groups excluding tert-OH is 1. The summed E-state index contributed by atoms with van der Waals surface area (Å²) in [5.74, 6) is 1.65. The Balaban J connectivity index is 1.68. The first-order chi connectivity index (χ1) is 13.3. The van der Waals surface area contributed by atoms with Crippen molar-refractivity contribution >= 4 is 27.4 Å². The average Bonchev–Trinajstić information content (AvgIpc) is 3.09. The number of imidazole rings is 1. The number of pyridine rings is 1. The molecule has 1 fully saturated rings. The van der Waals surface area contributed by atoms with Gasteiger partial charge in [0.05, 0.1) is 11.9 Å². The number of hydrogen-bond donors (Lipinski definition) is 2. The molecule has 3 aromatic heterocycles. The topological polar surface area (TPSA) is 75.3 Å². The first kappa shape index (κ1) is 18.4. The van der Waals surface area contributed by atoms with Crippen LogP contribution in [0.2, 0.25) is 0 Å². The molecule has 4 rings (SSSR count). The van der Waals surface area contributed by atoms with E-state index in [0.29, 0.717) is 18.4 Å². The number of nitrogens with one attached hydrogen (secondary N) is 1. The van der Waals surface area contributed by atoms with Crippen LogP contribution in [0.25, 0.3) is 5.65 Å². The maximum absolute atomic E-state index is 9.47. The van der Waals surface area contributed by atoms with E-state index in [4.69, 9.17) is 4.98 Å². The van der Waals surface area contributed by atoms with Gasteiger partial charge in [0.2, 0.25) is 0 Å². The van der Waals surface area contributed by atoms with Gasteiger partial charge >= 0.3 is 0 Å². The standard InChI is InChI=1S/C20H24BrN5O/c21-18-12-24-20-19(23-11-14-4-3-8-22-10-14)25-17(13-26(18)20)16-6-2-1-5-15(16)7-9-27/h3-4,8,10,12-13,15-16,27H,1-2,5-7,9,11H2,(H,23,25). The molecule has 1 aliphatic carbocycles. The molecule has 2 N–H and O–H groups in total. The van der Waals surface area contributed by atoms with Crippen LogP contribution in [-0.4, -0.2) is 31.1 Å². The van der Waals surface area contributed by atoms with Crippen molar-refractivity contribution in [3.05, 3.63) is 52.8 Å². The van der Waals surface area contributed by atoms with Gasteiger partial charge in [-0.05, 0) is 52.7 Å². The molecule has 0 amide bonds. The van der Waals surface area contributed by atoms with E-state index >= 15 is 0 Å². The Morgan fingerprint density at radius 1 is 1.26 bits per heavy atom. The normalized spacial score (nSPS) is 20.1. The van der Waals surface area contributed by atoms with Crippen LogP contribution < -0.4 is 5.32 Å². The van der Waals surface area contributed by atoms with Crippen LogP contribution in [-0.2, 0) is 6.54 Å². The van der Waals surface area contributed by atoms with Gasteiger partial charge in [0.15, 0.2) is 11.5 Å². The summed E-state index contributed by atoms with van der Waals surface area (Å²) in [6.45, 7) is 0.888. The summed E-state index contributed by atoms with van der Waals surface area (Å²) in [5, 5.41) is 12.9. The predicted molar refractivity (Wildman–Crippen MR) is 109 cm³/mol. The van der Waals surface area contributed by atoms with E-state index in [1.165, 1.54) is 12.8 Å². The lowest BCUT2D eigenvalue weighted by atomic mass is 9.76. The molecule has 142 valence electrons. The predicted octanol–water partition coefficient (Wildman–Crippen LogP) is 4.16. The number of aliphatic hydroxyl groups is 1. The molecule has 1 aliphatic rings. The SMILES string of the molecule is OCCC1CCCCC1c1cn2c(Br)cnc2c(NCc2cccnc2)n1. The van der Waals surface area contributed by atoms with E-state index < -0.39 is 0 Å². The van der Waals surface area contributed by atoms with Crippen LogP contribution >= 0.6 is 15.9 Å². The maximum Gasteiger partial charge on any atom is 0.181 e. The quantitative estimate of drug-likeness (QED) is 0.615. The first-order valence-corrected chi connectivity index (χ1v) is 10.3. The highest BCUT2D eigenvalue weighted by Crippen LogP contribution is 2.39. The van der Waals surface area contributed by atoms with Gasteiger partial charge in [-0.3, -0.25) is 9.38 Å². The van der Waals surface area contributed by atoms with E-state index in [1.807, 2.05) is 24.5 Å². The molecule has 2 atom stereocenters. The highest BCUT2D eigenvalue weighted by atomic mass is 79.9. The fraction of sp³-hybridized carbons (Fsp3) is 0.450. The molecule has 2 unspecified atom stereocenters. The summed E-state index contributed by atoms with van der Waals surface area (Å²) in [6, 6.07) is 3.98. The average molecular weight is 430 g/mol. The first-order valence-electron chi connectivity index (χ1n) is 9.53. The third-order valence-electron chi connectivity index (χ3n) is 5.44. The molecule has 0 bridgehead atoms. The summed E-state index contributed by atoms with van der Waals surface area (Å²) in [4.78, 5) is 13.6. The van der Waals surface area contributed by atoms with Crippen molar-refractivity contribution in [3.63, 3.8) is 0 Å². The Labute approximate surface area is 167 Å². The molecule has 0 radical (unpaired) electrons. The van der Waals surface area contributed by atoms with Gasteiger partial charge in [0.1, 0.15) is 4.60 Å². The zero-order valence-electron chi connectivity index (χ0n) is 15.2. The number of nitrogens with zero attached hydrogens (tertiary/aromatic N) is 4. The van der Waals surface area contributed by atoms with Crippen LogP contribution in [0.1, 0.15) is 49.3 Å². The summed E-state index contributed by atoms with van der Waals surface area (Å²) >= 11 is 3.60. The van der Waals surface area contributed by atoms with Crippen molar-refractivity contribution < 1.29 is 5.11 Å². The molecule has 7 heteroatoms. The minimum absolute atomic E-state index is 0.240. The van der Waals surface area contributed by atoms with Gasteiger partial charge in [-0.2, -0.15) is 0 Å². The second-order valence-corrected chi connectivity index (χ2v) is 7.98. The summed E-state index contributed by atoms with van der Waals surface area (Å²) in [6.07, 6.45) is 13.1. The van der Waals surface area contributed by atoms with Gasteiger partial charge in [-0.1, -0.05) is 18.9 Å². The van der Waals surface area contributed by atoms with E-state index in [9.17, 15) is 5.11 Å². The lowest BCUT2D eigenvalue weighted by molar-refractivity contribution is 0.209. The number of hydrogen-bond acceptors (Lipinski definition) is 5. The molecule has 3 heterocycles. The Bertz CT molecular complexity index is 896. The molecule has 0 aromatic carbocycles. The van der Waals surface area contributed by atoms with E-state index in [1.54, 1.807) is 6.20 Å². The second kappa shape index (κ2) is 8.35. The largest absolute Gasteiger partial charge is 0.396 e. The van der Waals surface area contributed by atoms with Crippen LogP contribution in [0, 0.1) is 5.92 Å². The number of aromatic nitrogens is 4. The lowest BCUT2D eigenvalue weighted by Crippen LogP contribution is -2.21. The molecule has 1 saturated carbocycles. The van der Waals surface area contributed by atoms with Crippen LogP contribution in [0.15, 0.2) is 41.5 Å². The van der Waals surface area contributed by atoms with Gasteiger partial charge < -0.3 is 10.4 Å². The van der Waals surface area contributed by atoms with Gasteiger partial charge in [-0.15, -0.1) is 0 Å². The summed E-state index contributed by atoms with van der Waals surface area (Å²) < 4.78 is 2.97. The Morgan fingerprint density at radius 2 is 2.15 bits per heavy atom. The summed E-state index contributed by atoms with van der Waals surface area (Å²) in [5.41, 5.74) is 2.99. The highest BCUT2D eigenvalue weighted by molar-refractivity contribution is 9.10. The lowest BCUT2D eigenvalue weighted by Gasteiger charge is -2.31. The molecule has 0 saturated heterocycles. The highest BCUT2D eigenvalue weighted by Gasteiger charge is 2.28. The Hall–Kier alpha value is -1.99. The fourth-order valence-corrected chi connectivity index (χ4v) is 4.45.